The molecular formula is C11H17N3O3S2. The second-order valence-corrected chi connectivity index (χ2v) is 7.97. The summed E-state index contributed by atoms with van der Waals surface area (Å²) in [5, 5.41) is 3.58. The fourth-order valence-electron chi connectivity index (χ4n) is 1.85. The van der Waals surface area contributed by atoms with E-state index in [1.807, 2.05) is 0 Å². The molecule has 0 spiro atoms. The van der Waals surface area contributed by atoms with Gasteiger partial charge in [-0.2, -0.15) is 0 Å². The molecule has 0 saturated heterocycles. The van der Waals surface area contributed by atoms with Crippen molar-refractivity contribution in [3.63, 3.8) is 0 Å². The molecular weight excluding hydrogens is 286 g/mol. The molecule has 2 atom stereocenters. The van der Waals surface area contributed by atoms with Gasteiger partial charge in [0.25, 0.3) is 5.91 Å². The Morgan fingerprint density at radius 1 is 1.53 bits per heavy atom. The maximum Gasteiger partial charge on any atom is 0.261 e. The second-order valence-electron chi connectivity index (χ2n) is 4.73. The molecule has 1 fully saturated rings. The summed E-state index contributed by atoms with van der Waals surface area (Å²) in [4.78, 5) is 11.4. The third-order valence-electron chi connectivity index (χ3n) is 3.24. The molecule has 106 valence electrons. The summed E-state index contributed by atoms with van der Waals surface area (Å²) in [5.41, 5.74) is 11.0. The molecule has 0 bridgehead atoms. The topological polar surface area (TPSA) is 115 Å². The van der Waals surface area contributed by atoms with Gasteiger partial charge < -0.3 is 16.8 Å². The average molecular weight is 303 g/mol. The normalized spacial score (nSPS) is 22.2. The molecule has 19 heavy (non-hydrogen) atoms. The maximum absolute atomic E-state index is 12.1. The summed E-state index contributed by atoms with van der Waals surface area (Å²) in [7, 11) is -3.49. The molecule has 1 aliphatic carbocycles. The number of sulfone groups is 1. The lowest BCUT2D eigenvalue weighted by Crippen LogP contribution is -2.13. The van der Waals surface area contributed by atoms with E-state index in [-0.39, 0.29) is 27.3 Å². The van der Waals surface area contributed by atoms with Gasteiger partial charge >= 0.3 is 0 Å². The summed E-state index contributed by atoms with van der Waals surface area (Å²) in [5.74, 6) is -0.273. The van der Waals surface area contributed by atoms with Crippen molar-refractivity contribution in [2.45, 2.75) is 31.2 Å². The number of carbonyl (C=O) groups is 1. The van der Waals surface area contributed by atoms with Crippen LogP contribution in [0.25, 0.3) is 0 Å². The minimum Gasteiger partial charge on any atom is -0.396 e. The number of carbonyl (C=O) groups excluding carboxylic acids is 1. The van der Waals surface area contributed by atoms with Crippen molar-refractivity contribution in [3.05, 3.63) is 4.88 Å². The second kappa shape index (κ2) is 4.68. The number of nitrogen functional groups attached to an aromatic ring is 1. The van der Waals surface area contributed by atoms with E-state index in [0.717, 1.165) is 17.8 Å². The van der Waals surface area contributed by atoms with E-state index in [4.69, 9.17) is 11.5 Å². The van der Waals surface area contributed by atoms with Crippen molar-refractivity contribution in [3.8, 4) is 0 Å². The molecule has 2 unspecified atom stereocenters. The van der Waals surface area contributed by atoms with Crippen molar-refractivity contribution >= 4 is 37.8 Å². The standard InChI is InChI=1S/C11H17N3O3S2/c1-3-19(16,17)9-7(12)8(10(13)15)18-11(9)14-6-4-5(6)2/h5-6,14H,3-4,12H2,1-2H3,(H2,13,15). The van der Waals surface area contributed by atoms with Gasteiger partial charge in [0.15, 0.2) is 9.84 Å². The summed E-state index contributed by atoms with van der Waals surface area (Å²) in [6.45, 7) is 3.61. The first kappa shape index (κ1) is 14.1. The fraction of sp³-hybridized carbons (Fsp3) is 0.545. The van der Waals surface area contributed by atoms with Crippen LogP contribution in [0.3, 0.4) is 0 Å². The number of rotatable bonds is 5. The van der Waals surface area contributed by atoms with Crippen LogP contribution in [0.4, 0.5) is 10.7 Å². The number of hydrogen-bond acceptors (Lipinski definition) is 6. The Bertz CT molecular complexity index is 621. The van der Waals surface area contributed by atoms with Crippen molar-refractivity contribution < 1.29 is 13.2 Å². The molecule has 1 saturated carbocycles. The molecule has 1 heterocycles. The van der Waals surface area contributed by atoms with Gasteiger partial charge in [0.1, 0.15) is 14.8 Å². The first-order valence-corrected chi connectivity index (χ1v) is 8.46. The number of hydrogen-bond donors (Lipinski definition) is 3. The summed E-state index contributed by atoms with van der Waals surface area (Å²) < 4.78 is 24.2. The molecule has 8 heteroatoms. The van der Waals surface area contributed by atoms with E-state index < -0.39 is 15.7 Å². The SMILES string of the molecule is CCS(=O)(=O)c1c(NC2CC2C)sc(C(N)=O)c1N. The van der Waals surface area contributed by atoms with Crippen LogP contribution in [0.2, 0.25) is 0 Å². The molecule has 2 rings (SSSR count). The number of anilines is 2. The largest absolute Gasteiger partial charge is 0.396 e. The molecule has 5 N–H and O–H groups in total. The zero-order valence-corrected chi connectivity index (χ0v) is 12.4. The lowest BCUT2D eigenvalue weighted by atomic mass is 10.4. The minimum absolute atomic E-state index is 0.0212. The van der Waals surface area contributed by atoms with E-state index >= 15 is 0 Å². The third-order valence-corrected chi connectivity index (χ3v) is 6.33. The quantitative estimate of drug-likeness (QED) is 0.751. The van der Waals surface area contributed by atoms with Crippen LogP contribution in [0.5, 0.6) is 0 Å². The number of amides is 1. The highest BCUT2D eigenvalue weighted by Gasteiger charge is 2.36. The minimum atomic E-state index is -3.49. The Morgan fingerprint density at radius 3 is 2.53 bits per heavy atom. The fourth-order valence-corrected chi connectivity index (χ4v) is 4.42. The van der Waals surface area contributed by atoms with Gasteiger partial charge in [-0.3, -0.25) is 4.79 Å². The highest BCUT2D eigenvalue weighted by molar-refractivity contribution is 7.91. The third kappa shape index (κ3) is 2.55. The van der Waals surface area contributed by atoms with Gasteiger partial charge in [-0.1, -0.05) is 13.8 Å². The highest BCUT2D eigenvalue weighted by atomic mass is 32.2. The molecule has 0 aliphatic heterocycles. The van der Waals surface area contributed by atoms with Gasteiger partial charge in [-0.15, -0.1) is 11.3 Å². The first-order valence-electron chi connectivity index (χ1n) is 5.99. The van der Waals surface area contributed by atoms with Crippen LogP contribution in [-0.2, 0) is 9.84 Å². The summed E-state index contributed by atoms with van der Waals surface area (Å²) in [6.07, 6.45) is 0.981. The zero-order chi connectivity index (χ0) is 14.4. The Hall–Kier alpha value is -1.28. The van der Waals surface area contributed by atoms with Gasteiger partial charge in [-0.25, -0.2) is 8.42 Å². The smallest absolute Gasteiger partial charge is 0.261 e. The molecule has 0 aromatic carbocycles. The van der Waals surface area contributed by atoms with Gasteiger partial charge in [-0.05, 0) is 12.3 Å². The predicted octanol–water partition coefficient (Wildman–Crippen LogP) is 1.04. The highest BCUT2D eigenvalue weighted by Crippen LogP contribution is 2.43. The summed E-state index contributed by atoms with van der Waals surface area (Å²) >= 11 is 1.02. The maximum atomic E-state index is 12.1. The van der Waals surface area contributed by atoms with E-state index in [9.17, 15) is 13.2 Å². The number of nitrogens with two attached hydrogens (primary N) is 2. The van der Waals surface area contributed by atoms with Gasteiger partial charge in [0, 0.05) is 6.04 Å². The molecule has 1 aromatic heterocycles. The number of nitrogens with one attached hydrogen (secondary N) is 1. The molecule has 0 radical (unpaired) electrons. The lowest BCUT2D eigenvalue weighted by molar-refractivity contribution is 0.100. The Labute approximate surface area is 116 Å². The Morgan fingerprint density at radius 2 is 2.11 bits per heavy atom. The zero-order valence-electron chi connectivity index (χ0n) is 10.8. The number of thiophene rings is 1. The Balaban J connectivity index is 2.51. The van der Waals surface area contributed by atoms with Crippen LogP contribution in [0, 0.1) is 5.92 Å². The lowest BCUT2D eigenvalue weighted by Gasteiger charge is -2.07. The predicted molar refractivity (Wildman–Crippen MR) is 76.2 cm³/mol. The van der Waals surface area contributed by atoms with Crippen molar-refractivity contribution in [1.82, 2.24) is 0 Å². The van der Waals surface area contributed by atoms with Crippen molar-refractivity contribution in [2.75, 3.05) is 16.8 Å². The van der Waals surface area contributed by atoms with Crippen molar-refractivity contribution in [2.24, 2.45) is 11.7 Å². The summed E-state index contributed by atoms with van der Waals surface area (Å²) in [6, 6.07) is 0.240. The van der Waals surface area contributed by atoms with Crippen LogP contribution in [0.1, 0.15) is 29.9 Å². The molecule has 1 aliphatic rings. The van der Waals surface area contributed by atoms with Gasteiger partial charge in [0.05, 0.1) is 11.4 Å². The van der Waals surface area contributed by atoms with E-state index in [1.165, 1.54) is 0 Å². The van der Waals surface area contributed by atoms with Crippen molar-refractivity contribution in [1.29, 1.82) is 0 Å². The van der Waals surface area contributed by atoms with E-state index in [1.54, 1.807) is 6.92 Å². The van der Waals surface area contributed by atoms with Crippen LogP contribution >= 0.6 is 11.3 Å². The monoisotopic (exact) mass is 303 g/mol. The first-order chi connectivity index (χ1) is 8.77. The van der Waals surface area contributed by atoms with E-state index in [2.05, 4.69) is 12.2 Å². The molecule has 6 nitrogen and oxygen atoms in total. The molecule has 1 aromatic rings. The Kier molecular flexibility index (Phi) is 3.48. The van der Waals surface area contributed by atoms with Crippen LogP contribution in [0.15, 0.2) is 4.90 Å². The van der Waals surface area contributed by atoms with Crippen LogP contribution in [-0.4, -0.2) is 26.1 Å². The van der Waals surface area contributed by atoms with Gasteiger partial charge in [0.2, 0.25) is 0 Å². The van der Waals surface area contributed by atoms with E-state index in [0.29, 0.717) is 10.9 Å². The average Bonchev–Trinajstić information content (AvgIpc) is 2.88. The van der Waals surface area contributed by atoms with Crippen LogP contribution < -0.4 is 16.8 Å². The number of primary amides is 1. The molecule has 1 amide bonds.